The predicted molar refractivity (Wildman–Crippen MR) is 108 cm³/mol. The van der Waals surface area contributed by atoms with E-state index in [4.69, 9.17) is 4.74 Å². The van der Waals surface area contributed by atoms with Gasteiger partial charge in [0.15, 0.2) is 0 Å². The van der Waals surface area contributed by atoms with Crippen molar-refractivity contribution in [3.05, 3.63) is 35.4 Å². The second-order valence-corrected chi connectivity index (χ2v) is 10.1. The van der Waals surface area contributed by atoms with Gasteiger partial charge in [-0.1, -0.05) is 52.0 Å². The number of alkyl carbamates (subject to hydrolysis) is 1. The highest BCUT2D eigenvalue weighted by Crippen LogP contribution is 2.42. The Balaban J connectivity index is 1.34. The normalized spacial score (nSPS) is 32.6. The predicted octanol–water partition coefficient (Wildman–Crippen LogP) is 3.82. The summed E-state index contributed by atoms with van der Waals surface area (Å²) in [5, 5.41) is 2.87. The fraction of sp³-hybridized carbons (Fsp3) is 0.652. The molecule has 0 bridgehead atoms. The molecule has 0 aromatic heterocycles. The largest absolute Gasteiger partial charge is 0.447 e. The second kappa shape index (κ2) is 6.78. The lowest BCUT2D eigenvalue weighted by molar-refractivity contribution is -0.143. The van der Waals surface area contributed by atoms with Crippen molar-refractivity contribution in [1.82, 2.24) is 10.2 Å². The maximum absolute atomic E-state index is 12.9. The molecule has 4 rings (SSSR count). The van der Waals surface area contributed by atoms with E-state index in [1.165, 1.54) is 11.1 Å². The van der Waals surface area contributed by atoms with Crippen molar-refractivity contribution in [3.8, 4) is 0 Å². The SMILES string of the molecule is CC1CN(C(=O)C2CC3(COC(=O)N3)C2)CC[C@@H]1c1ccc(C(C)(C)C)cc1. The number of hydrogen-bond donors (Lipinski definition) is 1. The van der Waals surface area contributed by atoms with Crippen LogP contribution < -0.4 is 5.32 Å². The van der Waals surface area contributed by atoms with Gasteiger partial charge < -0.3 is 15.0 Å². The van der Waals surface area contributed by atoms with Crippen molar-refractivity contribution < 1.29 is 14.3 Å². The van der Waals surface area contributed by atoms with Crippen molar-refractivity contribution in [3.63, 3.8) is 0 Å². The molecule has 3 aliphatic rings. The van der Waals surface area contributed by atoms with Crippen LogP contribution in [0.4, 0.5) is 4.79 Å². The van der Waals surface area contributed by atoms with E-state index in [1.54, 1.807) is 0 Å². The molecule has 2 aliphatic heterocycles. The highest BCUT2D eigenvalue weighted by molar-refractivity contribution is 5.81. The van der Waals surface area contributed by atoms with Gasteiger partial charge in [0.1, 0.15) is 6.61 Å². The minimum Gasteiger partial charge on any atom is -0.447 e. The average molecular weight is 385 g/mol. The fourth-order valence-corrected chi connectivity index (χ4v) is 5.10. The lowest BCUT2D eigenvalue weighted by Crippen LogP contribution is -2.59. The van der Waals surface area contributed by atoms with E-state index < -0.39 is 0 Å². The van der Waals surface area contributed by atoms with Gasteiger partial charge in [-0.2, -0.15) is 0 Å². The molecular formula is C23H32N2O3. The van der Waals surface area contributed by atoms with Crippen LogP contribution in [-0.4, -0.2) is 42.1 Å². The number of piperidine rings is 1. The smallest absolute Gasteiger partial charge is 0.407 e. The number of nitrogens with one attached hydrogen (secondary N) is 1. The van der Waals surface area contributed by atoms with Crippen molar-refractivity contribution >= 4 is 12.0 Å². The van der Waals surface area contributed by atoms with Gasteiger partial charge in [0, 0.05) is 19.0 Å². The van der Waals surface area contributed by atoms with Crippen LogP contribution in [0.5, 0.6) is 0 Å². The number of likely N-dealkylation sites (tertiary alicyclic amines) is 1. The standard InChI is InChI=1S/C23H32N2O3/c1-15-13-25(20(26)17-11-23(12-17)14-28-21(27)24-23)10-9-19(15)16-5-7-18(8-6-16)22(2,3)4/h5-8,15,17,19H,9-14H2,1-4H3,(H,24,27)/t15?,17?,19-,23?/m0/s1. The van der Waals surface area contributed by atoms with Crippen molar-refractivity contribution in [2.45, 2.75) is 63.8 Å². The average Bonchev–Trinajstić information content (AvgIpc) is 3.01. The number of benzene rings is 1. The summed E-state index contributed by atoms with van der Waals surface area (Å²) >= 11 is 0. The van der Waals surface area contributed by atoms with Crippen molar-refractivity contribution in [2.75, 3.05) is 19.7 Å². The first-order valence-corrected chi connectivity index (χ1v) is 10.5. The van der Waals surface area contributed by atoms with Crippen LogP contribution in [0, 0.1) is 11.8 Å². The molecule has 1 spiro atoms. The van der Waals surface area contributed by atoms with Crippen LogP contribution >= 0.6 is 0 Å². The molecule has 5 nitrogen and oxygen atoms in total. The van der Waals surface area contributed by atoms with E-state index >= 15 is 0 Å². The van der Waals surface area contributed by atoms with Crippen LogP contribution in [0.3, 0.4) is 0 Å². The molecule has 2 amide bonds. The summed E-state index contributed by atoms with van der Waals surface area (Å²) in [5.74, 6) is 1.23. The maximum atomic E-state index is 12.9. The van der Waals surface area contributed by atoms with Gasteiger partial charge in [-0.25, -0.2) is 4.79 Å². The molecular weight excluding hydrogens is 352 g/mol. The summed E-state index contributed by atoms with van der Waals surface area (Å²) in [6.07, 6.45) is 2.08. The number of amides is 2. The highest BCUT2D eigenvalue weighted by atomic mass is 16.6. The molecule has 5 heteroatoms. The minimum absolute atomic E-state index is 0.0248. The van der Waals surface area contributed by atoms with E-state index in [-0.39, 0.29) is 28.9 Å². The van der Waals surface area contributed by atoms with Gasteiger partial charge in [-0.05, 0) is 47.6 Å². The molecule has 0 radical (unpaired) electrons. The third-order valence-corrected chi connectivity index (χ3v) is 6.89. The van der Waals surface area contributed by atoms with Crippen LogP contribution in [0.25, 0.3) is 0 Å². The maximum Gasteiger partial charge on any atom is 0.407 e. The Morgan fingerprint density at radius 3 is 2.43 bits per heavy atom. The molecule has 1 saturated carbocycles. The Morgan fingerprint density at radius 2 is 1.89 bits per heavy atom. The lowest BCUT2D eigenvalue weighted by atomic mass is 9.68. The number of carbonyl (C=O) groups excluding carboxylic acids is 2. The Kier molecular flexibility index (Phi) is 4.67. The third kappa shape index (κ3) is 3.51. The van der Waals surface area contributed by atoms with E-state index in [0.717, 1.165) is 19.5 Å². The summed E-state index contributed by atoms with van der Waals surface area (Å²) in [4.78, 5) is 26.3. The lowest BCUT2D eigenvalue weighted by Gasteiger charge is -2.46. The molecule has 2 atom stereocenters. The Morgan fingerprint density at radius 1 is 1.21 bits per heavy atom. The number of ether oxygens (including phenoxy) is 1. The Labute approximate surface area is 167 Å². The zero-order valence-electron chi connectivity index (χ0n) is 17.5. The first-order valence-electron chi connectivity index (χ1n) is 10.5. The summed E-state index contributed by atoms with van der Waals surface area (Å²) in [6, 6.07) is 9.06. The van der Waals surface area contributed by atoms with E-state index in [0.29, 0.717) is 31.3 Å². The van der Waals surface area contributed by atoms with E-state index in [9.17, 15) is 9.59 Å². The zero-order valence-corrected chi connectivity index (χ0v) is 17.5. The summed E-state index contributed by atoms with van der Waals surface area (Å²) in [5.41, 5.74) is 2.64. The highest BCUT2D eigenvalue weighted by Gasteiger charge is 2.53. The van der Waals surface area contributed by atoms with Gasteiger partial charge in [0.2, 0.25) is 5.91 Å². The summed E-state index contributed by atoms with van der Waals surface area (Å²) in [7, 11) is 0. The van der Waals surface area contributed by atoms with Gasteiger partial charge in [0.25, 0.3) is 0 Å². The molecule has 2 saturated heterocycles. The van der Waals surface area contributed by atoms with E-state index in [1.807, 2.05) is 4.90 Å². The Hall–Kier alpha value is -2.04. The van der Waals surface area contributed by atoms with Crippen LogP contribution in [0.15, 0.2) is 24.3 Å². The Bertz CT molecular complexity index is 759. The van der Waals surface area contributed by atoms with Gasteiger partial charge >= 0.3 is 6.09 Å². The quantitative estimate of drug-likeness (QED) is 0.843. The first-order chi connectivity index (χ1) is 13.2. The van der Waals surface area contributed by atoms with Crippen LogP contribution in [0.1, 0.15) is 64.0 Å². The molecule has 1 N–H and O–H groups in total. The molecule has 1 aromatic rings. The number of cyclic esters (lactones) is 1. The molecule has 152 valence electrons. The van der Waals surface area contributed by atoms with Crippen molar-refractivity contribution in [1.29, 1.82) is 0 Å². The molecule has 1 aliphatic carbocycles. The van der Waals surface area contributed by atoms with Crippen LogP contribution in [0.2, 0.25) is 0 Å². The number of carbonyl (C=O) groups is 2. The first kappa shape index (κ1) is 19.3. The topological polar surface area (TPSA) is 58.6 Å². The van der Waals surface area contributed by atoms with Crippen LogP contribution in [-0.2, 0) is 14.9 Å². The number of rotatable bonds is 2. The van der Waals surface area contributed by atoms with Gasteiger partial charge in [-0.3, -0.25) is 4.79 Å². The summed E-state index contributed by atoms with van der Waals surface area (Å²) < 4.78 is 5.02. The zero-order chi connectivity index (χ0) is 20.1. The molecule has 28 heavy (non-hydrogen) atoms. The van der Waals surface area contributed by atoms with Gasteiger partial charge in [0.05, 0.1) is 5.54 Å². The monoisotopic (exact) mass is 384 g/mol. The minimum atomic E-state index is -0.349. The number of nitrogens with zero attached hydrogens (tertiary/aromatic N) is 1. The molecule has 1 unspecified atom stereocenters. The van der Waals surface area contributed by atoms with E-state index in [2.05, 4.69) is 57.3 Å². The van der Waals surface area contributed by atoms with Crippen molar-refractivity contribution in [2.24, 2.45) is 11.8 Å². The number of hydrogen-bond acceptors (Lipinski definition) is 3. The fourth-order valence-electron chi connectivity index (χ4n) is 5.10. The summed E-state index contributed by atoms with van der Waals surface area (Å²) in [6.45, 7) is 11.0. The third-order valence-electron chi connectivity index (χ3n) is 6.89. The second-order valence-electron chi connectivity index (χ2n) is 10.1. The molecule has 1 aromatic carbocycles. The molecule has 3 fully saturated rings. The van der Waals surface area contributed by atoms with Gasteiger partial charge in [-0.15, -0.1) is 0 Å². The molecule has 2 heterocycles.